The standard InChI is InChI=1S/C27H21FN4O4/c1-34-19-11-12-21-20(13-19)23-22(25(36-21)16-3-5-17(6-4-16)26(33)35-2)24(15-7-9-18(28)10-8-15)32-27(31-23)29-14-30-32/h3-14,24-25H,1-2H3,(H,29,30,31)/t24-,25+/m1/s1. The fourth-order valence-corrected chi connectivity index (χ4v) is 4.73. The smallest absolute Gasteiger partial charge is 0.337 e. The van der Waals surface area contributed by atoms with Gasteiger partial charge in [-0.1, -0.05) is 24.3 Å². The minimum Gasteiger partial charge on any atom is -0.497 e. The second kappa shape index (κ2) is 8.53. The maximum absolute atomic E-state index is 13.8. The Bertz CT molecular complexity index is 1500. The molecule has 36 heavy (non-hydrogen) atoms. The van der Waals surface area contributed by atoms with Crippen molar-refractivity contribution in [3.05, 3.63) is 107 Å². The van der Waals surface area contributed by atoms with E-state index in [4.69, 9.17) is 14.2 Å². The number of fused-ring (bicyclic) bond motifs is 3. The minimum absolute atomic E-state index is 0.328. The molecule has 0 aliphatic carbocycles. The number of hydrogen-bond acceptors (Lipinski definition) is 7. The molecule has 0 fully saturated rings. The van der Waals surface area contributed by atoms with Gasteiger partial charge in [-0.3, -0.25) is 0 Å². The highest BCUT2D eigenvalue weighted by Crippen LogP contribution is 2.51. The van der Waals surface area contributed by atoms with Crippen LogP contribution in [0.5, 0.6) is 11.5 Å². The molecular formula is C27H21FN4O4. The number of anilines is 1. The van der Waals surface area contributed by atoms with Gasteiger partial charge in [-0.15, -0.1) is 0 Å². The Kier molecular flexibility index (Phi) is 5.18. The van der Waals surface area contributed by atoms with Crippen molar-refractivity contribution >= 4 is 17.6 Å². The lowest BCUT2D eigenvalue weighted by Crippen LogP contribution is -2.32. The molecule has 180 valence electrons. The van der Waals surface area contributed by atoms with Crippen LogP contribution in [-0.2, 0) is 4.74 Å². The van der Waals surface area contributed by atoms with Crippen LogP contribution in [0.2, 0.25) is 0 Å². The Morgan fingerprint density at radius 3 is 2.50 bits per heavy atom. The molecule has 6 rings (SSSR count). The van der Waals surface area contributed by atoms with Gasteiger partial charge in [0, 0.05) is 11.1 Å². The normalized spacial score (nSPS) is 17.8. The van der Waals surface area contributed by atoms with E-state index in [2.05, 4.69) is 15.4 Å². The summed E-state index contributed by atoms with van der Waals surface area (Å²) in [7, 11) is 2.96. The molecule has 0 saturated heterocycles. The average molecular weight is 484 g/mol. The van der Waals surface area contributed by atoms with Crippen molar-refractivity contribution in [2.24, 2.45) is 0 Å². The number of esters is 1. The van der Waals surface area contributed by atoms with E-state index in [9.17, 15) is 9.18 Å². The Hall–Kier alpha value is -4.66. The molecule has 8 nitrogen and oxygen atoms in total. The van der Waals surface area contributed by atoms with Gasteiger partial charge >= 0.3 is 5.97 Å². The molecule has 9 heteroatoms. The predicted octanol–water partition coefficient (Wildman–Crippen LogP) is 4.77. The quantitative estimate of drug-likeness (QED) is 0.418. The van der Waals surface area contributed by atoms with E-state index >= 15 is 0 Å². The molecule has 2 atom stereocenters. The molecule has 1 N–H and O–H groups in total. The van der Waals surface area contributed by atoms with Crippen molar-refractivity contribution in [1.29, 1.82) is 0 Å². The lowest BCUT2D eigenvalue weighted by Gasteiger charge is -2.39. The molecule has 0 radical (unpaired) electrons. The first-order valence-corrected chi connectivity index (χ1v) is 11.3. The topological polar surface area (TPSA) is 87.5 Å². The van der Waals surface area contributed by atoms with Crippen molar-refractivity contribution < 1.29 is 23.4 Å². The van der Waals surface area contributed by atoms with E-state index in [-0.39, 0.29) is 5.82 Å². The van der Waals surface area contributed by atoms with Crippen LogP contribution >= 0.6 is 0 Å². The van der Waals surface area contributed by atoms with Crippen LogP contribution in [0, 0.1) is 5.82 Å². The Labute approximate surface area is 206 Å². The third-order valence-corrected chi connectivity index (χ3v) is 6.44. The van der Waals surface area contributed by atoms with Gasteiger partial charge < -0.3 is 19.5 Å². The third-order valence-electron chi connectivity index (χ3n) is 6.44. The first-order valence-electron chi connectivity index (χ1n) is 11.3. The van der Waals surface area contributed by atoms with Gasteiger partial charge in [0.1, 0.15) is 35.8 Å². The van der Waals surface area contributed by atoms with Crippen LogP contribution in [0.25, 0.3) is 5.70 Å². The lowest BCUT2D eigenvalue weighted by molar-refractivity contribution is 0.0600. The Morgan fingerprint density at radius 1 is 1.03 bits per heavy atom. The van der Waals surface area contributed by atoms with E-state index < -0.39 is 18.1 Å². The summed E-state index contributed by atoms with van der Waals surface area (Å²) in [5.74, 6) is 1.15. The van der Waals surface area contributed by atoms with Gasteiger partial charge in [-0.05, 0) is 53.6 Å². The number of nitrogens with one attached hydrogen (secondary N) is 1. The van der Waals surface area contributed by atoms with Crippen LogP contribution in [0.1, 0.15) is 39.2 Å². The summed E-state index contributed by atoms with van der Waals surface area (Å²) in [5, 5.41) is 7.89. The number of ether oxygens (including phenoxy) is 3. The molecule has 0 bridgehead atoms. The molecule has 2 aliphatic rings. The molecule has 0 amide bonds. The first kappa shape index (κ1) is 21.8. The van der Waals surface area contributed by atoms with E-state index in [1.165, 1.54) is 25.6 Å². The summed E-state index contributed by atoms with van der Waals surface area (Å²) >= 11 is 0. The number of halogens is 1. The molecule has 2 aliphatic heterocycles. The molecule has 0 saturated carbocycles. The number of carbonyl (C=O) groups is 1. The second-order valence-electron chi connectivity index (χ2n) is 8.41. The minimum atomic E-state index is -0.535. The summed E-state index contributed by atoms with van der Waals surface area (Å²) in [6, 6.07) is 18.6. The van der Waals surface area contributed by atoms with E-state index in [1.807, 2.05) is 30.3 Å². The van der Waals surface area contributed by atoms with Crippen LogP contribution in [0.4, 0.5) is 10.3 Å². The summed E-state index contributed by atoms with van der Waals surface area (Å²) in [4.78, 5) is 16.4. The highest BCUT2D eigenvalue weighted by Gasteiger charge is 2.41. The van der Waals surface area contributed by atoms with Crippen LogP contribution in [0.15, 0.2) is 78.6 Å². The van der Waals surface area contributed by atoms with Gasteiger partial charge in [0.05, 0.1) is 25.5 Å². The van der Waals surface area contributed by atoms with E-state index in [1.54, 1.807) is 36.1 Å². The second-order valence-corrected chi connectivity index (χ2v) is 8.41. The predicted molar refractivity (Wildman–Crippen MR) is 129 cm³/mol. The summed E-state index contributed by atoms with van der Waals surface area (Å²) in [6.07, 6.45) is 0.942. The third kappa shape index (κ3) is 3.48. The van der Waals surface area contributed by atoms with E-state index in [0.29, 0.717) is 23.0 Å². The van der Waals surface area contributed by atoms with Crippen molar-refractivity contribution in [3.8, 4) is 11.5 Å². The Balaban J connectivity index is 1.57. The molecule has 3 heterocycles. The summed E-state index contributed by atoms with van der Waals surface area (Å²) < 4.78 is 32.5. The highest BCUT2D eigenvalue weighted by atomic mass is 19.1. The highest BCUT2D eigenvalue weighted by molar-refractivity contribution is 5.89. The zero-order valence-electron chi connectivity index (χ0n) is 19.4. The molecule has 3 aromatic carbocycles. The molecular weight excluding hydrogens is 463 g/mol. The lowest BCUT2D eigenvalue weighted by atomic mass is 9.84. The fourth-order valence-electron chi connectivity index (χ4n) is 4.73. The van der Waals surface area contributed by atoms with Crippen LogP contribution < -0.4 is 14.8 Å². The molecule has 0 spiro atoms. The van der Waals surface area contributed by atoms with Gasteiger partial charge in [0.25, 0.3) is 0 Å². The Morgan fingerprint density at radius 2 is 1.78 bits per heavy atom. The number of rotatable bonds is 4. The van der Waals surface area contributed by atoms with Gasteiger partial charge in [0.2, 0.25) is 5.95 Å². The number of nitrogens with zero attached hydrogens (tertiary/aromatic N) is 3. The zero-order valence-corrected chi connectivity index (χ0v) is 19.4. The number of methoxy groups -OCH3 is 2. The maximum Gasteiger partial charge on any atom is 0.337 e. The number of carbonyl (C=O) groups excluding carboxylic acids is 1. The molecule has 1 aromatic heterocycles. The summed E-state index contributed by atoms with van der Waals surface area (Å²) in [5.41, 5.74) is 4.58. The van der Waals surface area contributed by atoms with Crippen molar-refractivity contribution in [3.63, 3.8) is 0 Å². The maximum atomic E-state index is 13.8. The van der Waals surface area contributed by atoms with Gasteiger partial charge in [-0.25, -0.2) is 13.9 Å². The molecule has 0 unspecified atom stereocenters. The van der Waals surface area contributed by atoms with Crippen LogP contribution in [0.3, 0.4) is 0 Å². The number of aromatic nitrogens is 3. The SMILES string of the molecule is COC(=O)c1ccc([C@@H]2Oc3ccc(OC)cc3C3=C2[C@@H](c2ccc(F)cc2)n2ncnc2N3)cc1. The molecule has 4 aromatic rings. The van der Waals surface area contributed by atoms with Crippen molar-refractivity contribution in [1.82, 2.24) is 14.8 Å². The monoisotopic (exact) mass is 484 g/mol. The van der Waals surface area contributed by atoms with Crippen molar-refractivity contribution in [2.75, 3.05) is 19.5 Å². The van der Waals surface area contributed by atoms with E-state index in [0.717, 1.165) is 28.0 Å². The number of hydrogen-bond donors (Lipinski definition) is 1. The van der Waals surface area contributed by atoms with Gasteiger partial charge in [-0.2, -0.15) is 10.1 Å². The van der Waals surface area contributed by atoms with Crippen molar-refractivity contribution in [2.45, 2.75) is 12.1 Å². The first-order chi connectivity index (χ1) is 17.6. The summed E-state index contributed by atoms with van der Waals surface area (Å²) in [6.45, 7) is 0. The average Bonchev–Trinajstić information content (AvgIpc) is 3.40. The van der Waals surface area contributed by atoms with Crippen LogP contribution in [-0.4, -0.2) is 35.0 Å². The largest absolute Gasteiger partial charge is 0.497 e. The van der Waals surface area contributed by atoms with Gasteiger partial charge in [0.15, 0.2) is 0 Å². The number of benzene rings is 3. The zero-order chi connectivity index (χ0) is 24.8. The fraction of sp³-hybridized carbons (Fsp3) is 0.148.